The van der Waals surface area contributed by atoms with Crippen LogP contribution in [0.25, 0.3) is 0 Å². The molecule has 258 valence electrons. The Morgan fingerprint density at radius 3 is 1.00 bits per heavy atom. The summed E-state index contributed by atoms with van der Waals surface area (Å²) in [4.78, 5) is 0. The number of aromatic hydroxyl groups is 1. The zero-order valence-corrected chi connectivity index (χ0v) is 31.0. The van der Waals surface area contributed by atoms with Gasteiger partial charge in [0.15, 0.2) is 0 Å². The van der Waals surface area contributed by atoms with E-state index >= 15 is 0 Å². The first kappa shape index (κ1) is 41.0. The summed E-state index contributed by atoms with van der Waals surface area (Å²) in [7, 11) is 0. The zero-order chi connectivity index (χ0) is 32.1. The molecule has 0 heterocycles. The van der Waals surface area contributed by atoms with Crippen molar-refractivity contribution in [3.05, 3.63) is 28.8 Å². The van der Waals surface area contributed by atoms with E-state index in [2.05, 4.69) is 46.8 Å². The van der Waals surface area contributed by atoms with Gasteiger partial charge in [0.25, 0.3) is 0 Å². The van der Waals surface area contributed by atoms with Crippen molar-refractivity contribution in [1.29, 1.82) is 0 Å². The lowest BCUT2D eigenvalue weighted by atomic mass is 9.86. The Hall–Kier alpha value is -0.980. The van der Waals surface area contributed by atoms with Crippen LogP contribution < -0.4 is 0 Å². The lowest BCUT2D eigenvalue weighted by molar-refractivity contribution is 0.454. The van der Waals surface area contributed by atoms with Crippen LogP contribution in [0.5, 0.6) is 5.75 Å². The van der Waals surface area contributed by atoms with Gasteiger partial charge in [-0.1, -0.05) is 214 Å². The Kier molecular flexibility index (Phi) is 27.4. The molecule has 1 heteroatoms. The molecule has 0 amide bonds. The minimum atomic E-state index is 0.446. The summed E-state index contributed by atoms with van der Waals surface area (Å²) in [6.07, 6.45) is 42.0. The number of hydrogen-bond acceptors (Lipinski definition) is 1. The first-order valence-corrected chi connectivity index (χ1v) is 20.3. The largest absolute Gasteiger partial charge is 0.508 e. The molecule has 44 heavy (non-hydrogen) atoms. The Morgan fingerprint density at radius 1 is 0.409 bits per heavy atom. The van der Waals surface area contributed by atoms with Crippen molar-refractivity contribution in [1.82, 2.24) is 0 Å². The molecule has 0 aliphatic carbocycles. The zero-order valence-electron chi connectivity index (χ0n) is 31.0. The van der Waals surface area contributed by atoms with Crippen LogP contribution in [0.4, 0.5) is 0 Å². The van der Waals surface area contributed by atoms with Gasteiger partial charge in [0.2, 0.25) is 0 Å². The molecule has 1 rings (SSSR count). The van der Waals surface area contributed by atoms with Crippen LogP contribution in [0, 0.1) is 6.92 Å². The van der Waals surface area contributed by atoms with Crippen LogP contribution in [0.1, 0.15) is 249 Å². The van der Waals surface area contributed by atoms with E-state index in [0.29, 0.717) is 17.6 Å². The molecule has 2 unspecified atom stereocenters. The van der Waals surface area contributed by atoms with Crippen molar-refractivity contribution in [2.45, 2.75) is 239 Å². The molecule has 1 nitrogen and oxygen atoms in total. The van der Waals surface area contributed by atoms with E-state index < -0.39 is 0 Å². The Labute approximate surface area is 278 Å². The molecule has 0 aliphatic heterocycles. The number of hydrogen-bond donors (Lipinski definition) is 1. The van der Waals surface area contributed by atoms with E-state index in [4.69, 9.17) is 0 Å². The highest BCUT2D eigenvalue weighted by atomic mass is 16.3. The van der Waals surface area contributed by atoms with Crippen LogP contribution in [0.15, 0.2) is 12.1 Å². The van der Waals surface area contributed by atoms with E-state index in [1.165, 1.54) is 209 Å². The second-order valence-corrected chi connectivity index (χ2v) is 14.8. The van der Waals surface area contributed by atoms with Gasteiger partial charge in [0, 0.05) is 0 Å². The molecular weight excluding hydrogens is 532 g/mol. The first-order valence-electron chi connectivity index (χ1n) is 20.3. The predicted octanol–water partition coefficient (Wildman–Crippen LogP) is 15.7. The average molecular weight is 613 g/mol. The van der Waals surface area contributed by atoms with Crippen LogP contribution in [0.3, 0.4) is 0 Å². The topological polar surface area (TPSA) is 20.2 Å². The molecule has 0 saturated carbocycles. The summed E-state index contributed by atoms with van der Waals surface area (Å²) in [5.74, 6) is 1.52. The van der Waals surface area contributed by atoms with Gasteiger partial charge in [-0.25, -0.2) is 0 Å². The third-order valence-electron chi connectivity index (χ3n) is 10.5. The molecule has 0 saturated heterocycles. The molecule has 0 radical (unpaired) electrons. The third-order valence-corrected chi connectivity index (χ3v) is 10.5. The SMILES string of the molecule is CCCCCCCCCCCCCCCCC(C)c1cc(O)c(C(C)CCCCCCCCCCCCCCCC)cc1C. The van der Waals surface area contributed by atoms with Crippen LogP contribution in [-0.2, 0) is 0 Å². The van der Waals surface area contributed by atoms with Gasteiger partial charge in [-0.3, -0.25) is 0 Å². The van der Waals surface area contributed by atoms with E-state index in [-0.39, 0.29) is 0 Å². The molecule has 2 atom stereocenters. The third kappa shape index (κ3) is 21.7. The number of aryl methyl sites for hydroxylation is 1. The normalized spacial score (nSPS) is 13.0. The summed E-state index contributed by atoms with van der Waals surface area (Å²) >= 11 is 0. The van der Waals surface area contributed by atoms with Gasteiger partial charge in [-0.2, -0.15) is 0 Å². The van der Waals surface area contributed by atoms with E-state index in [9.17, 15) is 5.11 Å². The minimum Gasteiger partial charge on any atom is -0.508 e. The summed E-state index contributed by atoms with van der Waals surface area (Å²) in [5.41, 5.74) is 3.91. The summed E-state index contributed by atoms with van der Waals surface area (Å²) < 4.78 is 0. The van der Waals surface area contributed by atoms with Gasteiger partial charge in [0.1, 0.15) is 5.75 Å². The maximum Gasteiger partial charge on any atom is 0.119 e. The van der Waals surface area contributed by atoms with Gasteiger partial charge in [0.05, 0.1) is 0 Å². The standard InChI is InChI=1S/C43H80O/c1-6-8-10-12-14-16-18-20-22-24-26-28-30-32-34-38(3)41-37-43(44)42(36-40(41)5)39(4)35-33-31-29-27-25-23-21-19-17-15-13-11-9-7-2/h36-39,44H,6-35H2,1-5H3. The highest BCUT2D eigenvalue weighted by Crippen LogP contribution is 2.36. The Bertz CT molecular complexity index is 688. The molecule has 0 aliphatic rings. The van der Waals surface area contributed by atoms with Crippen LogP contribution >= 0.6 is 0 Å². The maximum absolute atomic E-state index is 10.9. The number of rotatable bonds is 32. The van der Waals surface area contributed by atoms with Gasteiger partial charge >= 0.3 is 0 Å². The fraction of sp³-hybridized carbons (Fsp3) is 0.860. The van der Waals surface area contributed by atoms with E-state index in [1.807, 2.05) is 0 Å². The van der Waals surface area contributed by atoms with Crippen molar-refractivity contribution < 1.29 is 5.11 Å². The second-order valence-electron chi connectivity index (χ2n) is 14.8. The quantitative estimate of drug-likeness (QED) is 0.0802. The smallest absolute Gasteiger partial charge is 0.119 e. The number of unbranched alkanes of at least 4 members (excludes halogenated alkanes) is 26. The fourth-order valence-corrected chi connectivity index (χ4v) is 7.26. The molecule has 1 aromatic carbocycles. The van der Waals surface area contributed by atoms with Crippen molar-refractivity contribution >= 4 is 0 Å². The number of benzene rings is 1. The van der Waals surface area contributed by atoms with Crippen molar-refractivity contribution in [2.24, 2.45) is 0 Å². The fourth-order valence-electron chi connectivity index (χ4n) is 7.26. The summed E-state index contributed by atoms with van der Waals surface area (Å²) in [6.45, 7) is 11.5. The molecule has 1 N–H and O–H groups in total. The van der Waals surface area contributed by atoms with E-state index in [0.717, 1.165) is 0 Å². The van der Waals surface area contributed by atoms with Crippen LogP contribution in [0.2, 0.25) is 0 Å². The summed E-state index contributed by atoms with van der Waals surface area (Å²) in [5, 5.41) is 10.9. The molecule has 0 fully saturated rings. The molecular formula is C43H80O. The second kappa shape index (κ2) is 29.4. The molecule has 0 spiro atoms. The minimum absolute atomic E-state index is 0.446. The molecule has 0 bridgehead atoms. The van der Waals surface area contributed by atoms with Crippen molar-refractivity contribution in [3.63, 3.8) is 0 Å². The maximum atomic E-state index is 10.9. The van der Waals surface area contributed by atoms with Gasteiger partial charge in [-0.15, -0.1) is 0 Å². The van der Waals surface area contributed by atoms with Gasteiger partial charge < -0.3 is 5.11 Å². The van der Waals surface area contributed by atoms with Gasteiger partial charge in [-0.05, 0) is 54.4 Å². The average Bonchev–Trinajstić information content (AvgIpc) is 3.02. The monoisotopic (exact) mass is 613 g/mol. The highest BCUT2D eigenvalue weighted by molar-refractivity contribution is 5.44. The lowest BCUT2D eigenvalue weighted by Crippen LogP contribution is -2.01. The number of phenolic OH excluding ortho intramolecular Hbond substituents is 1. The Balaban J connectivity index is 2.11. The predicted molar refractivity (Wildman–Crippen MR) is 200 cm³/mol. The lowest BCUT2D eigenvalue weighted by Gasteiger charge is -2.20. The first-order chi connectivity index (χ1) is 21.5. The molecule has 0 aromatic heterocycles. The molecule has 1 aromatic rings. The summed E-state index contributed by atoms with van der Waals surface area (Å²) in [6, 6.07) is 4.42. The highest BCUT2D eigenvalue weighted by Gasteiger charge is 2.16. The number of phenols is 1. The van der Waals surface area contributed by atoms with Crippen molar-refractivity contribution in [2.75, 3.05) is 0 Å². The van der Waals surface area contributed by atoms with Crippen LogP contribution in [-0.4, -0.2) is 5.11 Å². The Morgan fingerprint density at radius 2 is 0.682 bits per heavy atom. The van der Waals surface area contributed by atoms with Crippen molar-refractivity contribution in [3.8, 4) is 5.75 Å². The van der Waals surface area contributed by atoms with E-state index in [1.54, 1.807) is 0 Å².